The molecule has 1 aliphatic heterocycles. The second kappa shape index (κ2) is 4.68. The molecule has 0 radical (unpaired) electrons. The molecule has 0 saturated carbocycles. The summed E-state index contributed by atoms with van der Waals surface area (Å²) in [5.41, 5.74) is 5.55. The summed E-state index contributed by atoms with van der Waals surface area (Å²) in [7, 11) is 0. The van der Waals surface area contributed by atoms with E-state index < -0.39 is 6.04 Å². The van der Waals surface area contributed by atoms with Crippen molar-refractivity contribution in [2.24, 2.45) is 5.73 Å². The molecule has 0 fully saturated rings. The van der Waals surface area contributed by atoms with E-state index in [-0.39, 0.29) is 12.2 Å². The van der Waals surface area contributed by atoms with Gasteiger partial charge in [-0.15, -0.1) is 12.3 Å². The second-order valence-electron chi connectivity index (χ2n) is 2.94. The Balaban J connectivity index is 2.56. The summed E-state index contributed by atoms with van der Waals surface area (Å²) < 4.78 is 5.17. The Morgan fingerprint density at radius 1 is 1.85 bits per heavy atom. The van der Waals surface area contributed by atoms with E-state index in [0.29, 0.717) is 12.4 Å². The molecule has 0 aromatic rings. The van der Waals surface area contributed by atoms with Crippen LogP contribution in [0.2, 0.25) is 0 Å². The predicted molar refractivity (Wildman–Crippen MR) is 49.7 cm³/mol. The molecule has 0 bridgehead atoms. The van der Waals surface area contributed by atoms with Gasteiger partial charge in [0.2, 0.25) is 5.78 Å². The molecule has 0 saturated heterocycles. The first kappa shape index (κ1) is 9.82. The van der Waals surface area contributed by atoms with Gasteiger partial charge in [0.1, 0.15) is 0 Å². The topological polar surface area (TPSA) is 52.3 Å². The van der Waals surface area contributed by atoms with Crippen molar-refractivity contribution in [2.75, 3.05) is 6.61 Å². The van der Waals surface area contributed by atoms with Crippen molar-refractivity contribution in [3.8, 4) is 12.3 Å². The minimum absolute atomic E-state index is 0.183. The molecule has 3 nitrogen and oxygen atoms in total. The molecule has 0 spiro atoms. The molecule has 70 valence electrons. The summed E-state index contributed by atoms with van der Waals surface area (Å²) in [6.45, 7) is 0.598. The van der Waals surface area contributed by atoms with Gasteiger partial charge in [-0.05, 0) is 18.9 Å². The summed E-state index contributed by atoms with van der Waals surface area (Å²) >= 11 is 0. The molecule has 13 heavy (non-hydrogen) atoms. The number of rotatable bonds is 3. The Morgan fingerprint density at radius 3 is 3.15 bits per heavy atom. The largest absolute Gasteiger partial charge is 0.490 e. The van der Waals surface area contributed by atoms with Crippen LogP contribution in [-0.4, -0.2) is 18.4 Å². The summed E-state index contributed by atoms with van der Waals surface area (Å²) in [4.78, 5) is 11.5. The smallest absolute Gasteiger partial charge is 0.214 e. The van der Waals surface area contributed by atoms with Gasteiger partial charge in [-0.3, -0.25) is 4.79 Å². The maximum atomic E-state index is 11.5. The monoisotopic (exact) mass is 179 g/mol. The molecule has 0 aliphatic carbocycles. The van der Waals surface area contributed by atoms with Gasteiger partial charge in [-0.25, -0.2) is 0 Å². The van der Waals surface area contributed by atoms with E-state index in [0.717, 1.165) is 12.8 Å². The highest BCUT2D eigenvalue weighted by Gasteiger charge is 2.19. The van der Waals surface area contributed by atoms with Crippen LogP contribution >= 0.6 is 0 Å². The van der Waals surface area contributed by atoms with Crippen LogP contribution in [-0.2, 0) is 9.53 Å². The van der Waals surface area contributed by atoms with Gasteiger partial charge in [0.05, 0.1) is 12.6 Å². The van der Waals surface area contributed by atoms with E-state index in [4.69, 9.17) is 16.9 Å². The number of carbonyl (C=O) groups excluding carboxylic acids is 1. The fourth-order valence-corrected chi connectivity index (χ4v) is 1.13. The Kier molecular flexibility index (Phi) is 3.53. The summed E-state index contributed by atoms with van der Waals surface area (Å²) in [5.74, 6) is 2.56. The fourth-order valence-electron chi connectivity index (χ4n) is 1.13. The molecular formula is C10H13NO2. The van der Waals surface area contributed by atoms with E-state index in [9.17, 15) is 4.79 Å². The van der Waals surface area contributed by atoms with Crippen LogP contribution in [0.5, 0.6) is 0 Å². The first-order chi connectivity index (χ1) is 6.25. The van der Waals surface area contributed by atoms with E-state index in [1.54, 1.807) is 6.08 Å². The van der Waals surface area contributed by atoms with Crippen LogP contribution in [0.4, 0.5) is 0 Å². The Bertz CT molecular complexity index is 263. The fraction of sp³-hybridized carbons (Fsp3) is 0.500. The zero-order chi connectivity index (χ0) is 9.68. The predicted octanol–water partition coefficient (Wildman–Crippen LogP) is 0.600. The summed E-state index contributed by atoms with van der Waals surface area (Å²) in [6, 6.07) is -0.616. The molecule has 1 heterocycles. The van der Waals surface area contributed by atoms with Gasteiger partial charge in [0, 0.05) is 6.42 Å². The molecule has 1 unspecified atom stereocenters. The van der Waals surface area contributed by atoms with E-state index in [1.165, 1.54) is 0 Å². The van der Waals surface area contributed by atoms with Crippen LogP contribution in [0.25, 0.3) is 0 Å². The quantitative estimate of drug-likeness (QED) is 0.645. The van der Waals surface area contributed by atoms with Crippen molar-refractivity contribution in [3.63, 3.8) is 0 Å². The van der Waals surface area contributed by atoms with Gasteiger partial charge < -0.3 is 10.5 Å². The van der Waals surface area contributed by atoms with E-state index in [1.807, 2.05) is 0 Å². The van der Waals surface area contributed by atoms with Gasteiger partial charge in [-0.1, -0.05) is 0 Å². The number of allylic oxidation sites excluding steroid dienone is 1. The number of nitrogens with two attached hydrogens (primary N) is 1. The molecule has 1 atom stereocenters. The highest BCUT2D eigenvalue weighted by Crippen LogP contribution is 2.12. The third kappa shape index (κ3) is 2.60. The van der Waals surface area contributed by atoms with Crippen LogP contribution in [0, 0.1) is 12.3 Å². The van der Waals surface area contributed by atoms with Crippen molar-refractivity contribution in [1.82, 2.24) is 0 Å². The average molecular weight is 179 g/mol. The number of ether oxygens (including phenoxy) is 1. The Hall–Kier alpha value is -1.27. The highest BCUT2D eigenvalue weighted by atomic mass is 16.5. The average Bonchev–Trinajstić information content (AvgIpc) is 2.18. The van der Waals surface area contributed by atoms with Gasteiger partial charge in [-0.2, -0.15) is 0 Å². The molecule has 3 heteroatoms. The van der Waals surface area contributed by atoms with Gasteiger partial charge >= 0.3 is 0 Å². The minimum atomic E-state index is -0.616. The van der Waals surface area contributed by atoms with Crippen molar-refractivity contribution in [2.45, 2.75) is 25.3 Å². The van der Waals surface area contributed by atoms with Crippen molar-refractivity contribution < 1.29 is 9.53 Å². The molecule has 0 aromatic carbocycles. The number of ketones is 1. The van der Waals surface area contributed by atoms with Crippen LogP contribution in [0.15, 0.2) is 11.8 Å². The number of hydrogen-bond acceptors (Lipinski definition) is 3. The standard InChI is InChI=1S/C10H13NO2/c1-2-5-8(11)10(12)9-6-3-4-7-13-9/h1,6,8H,3-5,7,11H2. The lowest BCUT2D eigenvalue weighted by Gasteiger charge is -2.15. The third-order valence-corrected chi connectivity index (χ3v) is 1.85. The number of carbonyl (C=O) groups is 1. The highest BCUT2D eigenvalue weighted by molar-refractivity contribution is 5.97. The van der Waals surface area contributed by atoms with Crippen molar-refractivity contribution in [1.29, 1.82) is 0 Å². The first-order valence-electron chi connectivity index (χ1n) is 4.32. The molecule has 0 amide bonds. The second-order valence-corrected chi connectivity index (χ2v) is 2.94. The zero-order valence-electron chi connectivity index (χ0n) is 7.45. The molecule has 1 rings (SSSR count). The van der Waals surface area contributed by atoms with Crippen LogP contribution < -0.4 is 5.73 Å². The number of Topliss-reactive ketones (excluding diaryl/α,β-unsaturated/α-hetero) is 1. The Morgan fingerprint density at radius 2 is 2.62 bits per heavy atom. The Labute approximate surface area is 77.9 Å². The summed E-state index contributed by atoms with van der Waals surface area (Å²) in [6.07, 6.45) is 8.94. The number of terminal acetylenes is 1. The zero-order valence-corrected chi connectivity index (χ0v) is 7.45. The SMILES string of the molecule is C#CCC(N)C(=O)C1=CCCCO1. The lowest BCUT2D eigenvalue weighted by molar-refractivity contribution is -0.120. The van der Waals surface area contributed by atoms with Crippen molar-refractivity contribution in [3.05, 3.63) is 11.8 Å². The van der Waals surface area contributed by atoms with Gasteiger partial charge in [0.15, 0.2) is 5.76 Å². The molecule has 2 N–H and O–H groups in total. The first-order valence-corrected chi connectivity index (χ1v) is 4.32. The lowest BCUT2D eigenvalue weighted by Crippen LogP contribution is -2.32. The summed E-state index contributed by atoms with van der Waals surface area (Å²) in [5, 5.41) is 0. The minimum Gasteiger partial charge on any atom is -0.490 e. The molecular weight excluding hydrogens is 166 g/mol. The normalized spacial score (nSPS) is 18.0. The van der Waals surface area contributed by atoms with Crippen LogP contribution in [0.3, 0.4) is 0 Å². The number of hydrogen-bond donors (Lipinski definition) is 1. The maximum absolute atomic E-state index is 11.5. The van der Waals surface area contributed by atoms with Gasteiger partial charge in [0.25, 0.3) is 0 Å². The molecule has 1 aliphatic rings. The van der Waals surface area contributed by atoms with E-state index in [2.05, 4.69) is 5.92 Å². The van der Waals surface area contributed by atoms with E-state index >= 15 is 0 Å². The van der Waals surface area contributed by atoms with Crippen molar-refractivity contribution >= 4 is 5.78 Å². The lowest BCUT2D eigenvalue weighted by atomic mass is 10.1. The molecule has 0 aromatic heterocycles. The van der Waals surface area contributed by atoms with Crippen LogP contribution in [0.1, 0.15) is 19.3 Å². The third-order valence-electron chi connectivity index (χ3n) is 1.85. The maximum Gasteiger partial charge on any atom is 0.214 e.